The summed E-state index contributed by atoms with van der Waals surface area (Å²) in [5.41, 5.74) is 2.26. The van der Waals surface area contributed by atoms with Crippen molar-refractivity contribution in [1.29, 1.82) is 0 Å². The lowest BCUT2D eigenvalue weighted by molar-refractivity contribution is 0.133. The minimum atomic E-state index is 0.274. The van der Waals surface area contributed by atoms with Gasteiger partial charge in [0.15, 0.2) is 0 Å². The Morgan fingerprint density at radius 3 is 2.67 bits per heavy atom. The first-order valence-corrected chi connectivity index (χ1v) is 10.9. The van der Waals surface area contributed by atoms with Crippen molar-refractivity contribution in [3.8, 4) is 0 Å². The van der Waals surface area contributed by atoms with Crippen molar-refractivity contribution in [3.63, 3.8) is 0 Å². The third-order valence-electron chi connectivity index (χ3n) is 5.26. The van der Waals surface area contributed by atoms with Gasteiger partial charge in [-0.15, -0.1) is 0 Å². The molecule has 0 saturated carbocycles. The first kappa shape index (κ1) is 18.9. The Hall–Kier alpha value is -1.44. The van der Waals surface area contributed by atoms with Crippen LogP contribution in [0.3, 0.4) is 0 Å². The van der Waals surface area contributed by atoms with Gasteiger partial charge in [0, 0.05) is 16.5 Å². The second-order valence-corrected chi connectivity index (χ2v) is 8.70. The molecule has 1 fully saturated rings. The normalized spacial score (nSPS) is 23.4. The third-order valence-corrected chi connectivity index (χ3v) is 6.85. The first-order chi connectivity index (χ1) is 13.2. The maximum atomic E-state index is 6.13. The van der Waals surface area contributed by atoms with Crippen molar-refractivity contribution in [2.45, 2.75) is 35.9 Å². The molecular weight excluding hydrogens is 471 g/mol. The molecule has 4 nitrogen and oxygen atoms in total. The second kappa shape index (κ2) is 8.29. The van der Waals surface area contributed by atoms with Crippen molar-refractivity contribution in [3.05, 3.63) is 65.4 Å². The highest BCUT2D eigenvalue weighted by atomic mass is 127. The molecule has 140 valence electrons. The third kappa shape index (κ3) is 3.91. The molecule has 1 saturated heterocycles. The average Bonchev–Trinajstić information content (AvgIpc) is 2.70. The molecule has 0 aliphatic carbocycles. The van der Waals surface area contributed by atoms with E-state index >= 15 is 0 Å². The van der Waals surface area contributed by atoms with E-state index in [9.17, 15) is 0 Å². The number of rotatable bonds is 4. The fourth-order valence-electron chi connectivity index (χ4n) is 3.97. The van der Waals surface area contributed by atoms with Gasteiger partial charge in [-0.1, -0.05) is 65.4 Å². The van der Waals surface area contributed by atoms with Gasteiger partial charge in [-0.05, 0) is 49.2 Å². The van der Waals surface area contributed by atoms with Gasteiger partial charge in [-0.25, -0.2) is 9.97 Å². The van der Waals surface area contributed by atoms with Crippen LogP contribution in [0, 0.1) is 0 Å². The van der Waals surface area contributed by atoms with E-state index in [1.165, 1.54) is 5.56 Å². The van der Waals surface area contributed by atoms with Gasteiger partial charge in [0.2, 0.25) is 0 Å². The highest BCUT2D eigenvalue weighted by Crippen LogP contribution is 2.39. The maximum absolute atomic E-state index is 6.13. The molecular formula is C21H22ClIN4. The summed E-state index contributed by atoms with van der Waals surface area (Å²) in [7, 11) is 0. The number of nitrogens with one attached hydrogen (secondary N) is 1. The lowest BCUT2D eigenvalue weighted by Crippen LogP contribution is -2.48. The fourth-order valence-corrected chi connectivity index (χ4v) is 5.20. The van der Waals surface area contributed by atoms with Gasteiger partial charge < -0.3 is 5.32 Å². The summed E-state index contributed by atoms with van der Waals surface area (Å²) in [6.45, 7) is 3.24. The van der Waals surface area contributed by atoms with Crippen LogP contribution in [0.4, 0.5) is 5.82 Å². The van der Waals surface area contributed by atoms with E-state index < -0.39 is 0 Å². The Bertz CT molecular complexity index is 912. The predicted molar refractivity (Wildman–Crippen MR) is 121 cm³/mol. The largest absolute Gasteiger partial charge is 0.365 e. The summed E-state index contributed by atoms with van der Waals surface area (Å²) in [4.78, 5) is 11.5. The summed E-state index contributed by atoms with van der Waals surface area (Å²) in [5, 5.41) is 5.58. The van der Waals surface area contributed by atoms with E-state index in [1.54, 1.807) is 6.33 Å². The fraction of sp³-hybridized carbons (Fsp3) is 0.333. The van der Waals surface area contributed by atoms with Gasteiger partial charge in [0.25, 0.3) is 0 Å². The number of para-hydroxylation sites is 1. The van der Waals surface area contributed by atoms with Gasteiger partial charge in [-0.3, -0.25) is 4.90 Å². The molecule has 0 spiro atoms. The van der Waals surface area contributed by atoms with E-state index in [2.05, 4.69) is 67.9 Å². The van der Waals surface area contributed by atoms with E-state index in [0.717, 1.165) is 41.1 Å². The average molecular weight is 493 g/mol. The monoisotopic (exact) mass is 492 g/mol. The van der Waals surface area contributed by atoms with E-state index in [-0.39, 0.29) is 12.1 Å². The number of likely N-dealkylation sites (tertiary alicyclic amines) is 1. The molecule has 0 bridgehead atoms. The Balaban J connectivity index is 1.71. The topological polar surface area (TPSA) is 41.0 Å². The van der Waals surface area contributed by atoms with Crippen molar-refractivity contribution >= 4 is 50.9 Å². The van der Waals surface area contributed by atoms with Gasteiger partial charge in [0.1, 0.15) is 12.1 Å². The van der Waals surface area contributed by atoms with E-state index in [0.29, 0.717) is 4.05 Å². The highest BCUT2D eigenvalue weighted by molar-refractivity contribution is 14.1. The highest BCUT2D eigenvalue weighted by Gasteiger charge is 2.36. The first-order valence-electron chi connectivity index (χ1n) is 9.29. The molecule has 3 unspecified atom stereocenters. The zero-order valence-electron chi connectivity index (χ0n) is 15.1. The van der Waals surface area contributed by atoms with Crippen molar-refractivity contribution in [2.24, 2.45) is 0 Å². The zero-order valence-corrected chi connectivity index (χ0v) is 18.1. The molecule has 27 heavy (non-hydrogen) atoms. The van der Waals surface area contributed by atoms with E-state index in [4.69, 9.17) is 11.6 Å². The minimum Gasteiger partial charge on any atom is -0.365 e. The van der Waals surface area contributed by atoms with Crippen LogP contribution in [0.2, 0.25) is 5.02 Å². The SMILES string of the molecule is CCN1C(I)CCC(Nc2ncnc3ccccc23)C1c1ccc(Cl)cc1. The maximum Gasteiger partial charge on any atom is 0.137 e. The molecule has 1 aliphatic heterocycles. The molecule has 1 aromatic heterocycles. The Labute approximate surface area is 178 Å². The summed E-state index contributed by atoms with van der Waals surface area (Å²) in [6.07, 6.45) is 3.89. The molecule has 3 atom stereocenters. The molecule has 2 heterocycles. The van der Waals surface area contributed by atoms with Crippen LogP contribution < -0.4 is 5.32 Å². The quantitative estimate of drug-likeness (QED) is 0.289. The molecule has 0 amide bonds. The standard InChI is InChI=1S/C21H22ClIN4/c1-2-27-19(23)12-11-18(20(27)14-7-9-15(22)10-8-14)26-21-16-5-3-4-6-17(16)24-13-25-21/h3-10,13,18-20H,2,11-12H2,1H3,(H,24,25,26). The number of aromatic nitrogens is 2. The van der Waals surface area contributed by atoms with Crippen LogP contribution in [0.15, 0.2) is 54.9 Å². The molecule has 0 radical (unpaired) electrons. The number of halogens is 2. The summed E-state index contributed by atoms with van der Waals surface area (Å²) >= 11 is 8.70. The molecule has 4 rings (SSSR count). The number of nitrogens with zero attached hydrogens (tertiary/aromatic N) is 3. The summed E-state index contributed by atoms with van der Waals surface area (Å²) in [5.74, 6) is 0.910. The molecule has 6 heteroatoms. The minimum absolute atomic E-state index is 0.274. The van der Waals surface area contributed by atoms with Crippen LogP contribution in [-0.4, -0.2) is 31.5 Å². The lowest BCUT2D eigenvalue weighted by atomic mass is 9.90. The van der Waals surface area contributed by atoms with E-state index in [1.807, 2.05) is 30.3 Å². The summed E-state index contributed by atoms with van der Waals surface area (Å²) < 4.78 is 0.522. The Kier molecular flexibility index (Phi) is 5.80. The number of hydrogen-bond donors (Lipinski definition) is 1. The zero-order chi connectivity index (χ0) is 18.8. The van der Waals surface area contributed by atoms with Crippen LogP contribution in [0.5, 0.6) is 0 Å². The molecule has 1 N–H and O–H groups in total. The molecule has 2 aromatic carbocycles. The van der Waals surface area contributed by atoms with Crippen LogP contribution >= 0.6 is 34.2 Å². The molecule has 1 aliphatic rings. The van der Waals surface area contributed by atoms with Crippen molar-refractivity contribution in [1.82, 2.24) is 14.9 Å². The smallest absolute Gasteiger partial charge is 0.137 e. The van der Waals surface area contributed by atoms with Crippen LogP contribution in [0.1, 0.15) is 31.4 Å². The number of piperidine rings is 1. The lowest BCUT2D eigenvalue weighted by Gasteiger charge is -2.44. The Morgan fingerprint density at radius 2 is 1.89 bits per heavy atom. The predicted octanol–water partition coefficient (Wildman–Crippen LogP) is 5.68. The van der Waals surface area contributed by atoms with Gasteiger partial charge >= 0.3 is 0 Å². The number of alkyl halides is 1. The van der Waals surface area contributed by atoms with Crippen LogP contribution in [-0.2, 0) is 0 Å². The number of hydrogen-bond acceptors (Lipinski definition) is 4. The van der Waals surface area contributed by atoms with Crippen molar-refractivity contribution in [2.75, 3.05) is 11.9 Å². The summed E-state index contributed by atoms with van der Waals surface area (Å²) in [6, 6.07) is 17.0. The number of anilines is 1. The number of fused-ring (bicyclic) bond motifs is 1. The van der Waals surface area contributed by atoms with Gasteiger partial charge in [-0.2, -0.15) is 0 Å². The van der Waals surface area contributed by atoms with Crippen molar-refractivity contribution < 1.29 is 0 Å². The second-order valence-electron chi connectivity index (χ2n) is 6.83. The van der Waals surface area contributed by atoms with Crippen LogP contribution in [0.25, 0.3) is 10.9 Å². The van der Waals surface area contributed by atoms with Gasteiger partial charge in [0.05, 0.1) is 15.6 Å². The number of likely N-dealkylation sites (N-methyl/N-ethyl adjacent to an activating group) is 1. The number of benzene rings is 2. The Morgan fingerprint density at radius 1 is 1.11 bits per heavy atom. The molecule has 3 aromatic rings.